The first kappa shape index (κ1) is 13.5. The van der Waals surface area contributed by atoms with E-state index in [2.05, 4.69) is 0 Å². The molecule has 0 aromatic heterocycles. The van der Waals surface area contributed by atoms with Gasteiger partial charge in [-0.25, -0.2) is 0 Å². The van der Waals surface area contributed by atoms with Crippen LogP contribution in [0.5, 0.6) is 0 Å². The number of halogens is 1. The molecule has 92 valence electrons. The minimum absolute atomic E-state index is 0.0976. The minimum atomic E-state index is -0.538. The summed E-state index contributed by atoms with van der Waals surface area (Å²) < 4.78 is 0. The molecule has 0 unspecified atom stereocenters. The predicted octanol–water partition coefficient (Wildman–Crippen LogP) is 1.60. The highest BCUT2D eigenvalue weighted by Crippen LogP contribution is 2.21. The zero-order valence-corrected chi connectivity index (χ0v) is 10.6. The predicted molar refractivity (Wildman–Crippen MR) is 67.0 cm³/mol. The van der Waals surface area contributed by atoms with Crippen LogP contribution >= 0.6 is 11.6 Å². The monoisotopic (exact) mass is 254 g/mol. The zero-order chi connectivity index (χ0) is 13.0. The van der Waals surface area contributed by atoms with E-state index in [1.807, 2.05) is 13.0 Å². The second-order valence-corrected chi connectivity index (χ2v) is 4.10. The maximum atomic E-state index is 12.1. The van der Waals surface area contributed by atoms with Crippen LogP contribution < -0.4 is 5.73 Å². The molecule has 4 nitrogen and oxygen atoms in total. The van der Waals surface area contributed by atoms with Gasteiger partial charge in [0, 0.05) is 6.54 Å². The highest BCUT2D eigenvalue weighted by atomic mass is 35.5. The number of nitrogens with two attached hydrogens (primary N) is 1. The second-order valence-electron chi connectivity index (χ2n) is 3.72. The summed E-state index contributed by atoms with van der Waals surface area (Å²) in [5.74, 6) is -0.816. The number of amides is 2. The molecule has 1 rings (SSSR count). The molecule has 2 N–H and O–H groups in total. The van der Waals surface area contributed by atoms with Crippen LogP contribution in [0.25, 0.3) is 0 Å². The Labute approximate surface area is 105 Å². The van der Waals surface area contributed by atoms with Gasteiger partial charge in [0.1, 0.15) is 0 Å². The normalized spacial score (nSPS) is 10.1. The topological polar surface area (TPSA) is 63.4 Å². The van der Waals surface area contributed by atoms with E-state index >= 15 is 0 Å². The van der Waals surface area contributed by atoms with E-state index in [1.165, 1.54) is 4.90 Å². The highest BCUT2D eigenvalue weighted by Gasteiger charge is 2.19. The van der Waals surface area contributed by atoms with Crippen LogP contribution in [0, 0.1) is 6.92 Å². The zero-order valence-electron chi connectivity index (χ0n) is 9.87. The number of rotatable bonds is 4. The molecule has 17 heavy (non-hydrogen) atoms. The lowest BCUT2D eigenvalue weighted by molar-refractivity contribution is -0.118. The Kier molecular flexibility index (Phi) is 4.52. The fourth-order valence-electron chi connectivity index (χ4n) is 1.50. The number of nitrogens with zero attached hydrogens (tertiary/aromatic N) is 1. The molecule has 5 heteroatoms. The lowest BCUT2D eigenvalue weighted by Gasteiger charge is -2.20. The van der Waals surface area contributed by atoms with Crippen molar-refractivity contribution in [3.8, 4) is 0 Å². The van der Waals surface area contributed by atoms with Crippen molar-refractivity contribution in [2.24, 2.45) is 5.73 Å². The largest absolute Gasteiger partial charge is 0.368 e. The van der Waals surface area contributed by atoms with E-state index in [-0.39, 0.29) is 12.5 Å². The van der Waals surface area contributed by atoms with E-state index in [1.54, 1.807) is 19.1 Å². The molecule has 0 radical (unpaired) electrons. The van der Waals surface area contributed by atoms with Crippen LogP contribution in [-0.4, -0.2) is 29.8 Å². The lowest BCUT2D eigenvalue weighted by atomic mass is 10.1. The number of carbonyl (C=O) groups is 2. The van der Waals surface area contributed by atoms with Crippen molar-refractivity contribution < 1.29 is 9.59 Å². The third-order valence-corrected chi connectivity index (χ3v) is 2.94. The third-order valence-electron chi connectivity index (χ3n) is 2.44. The summed E-state index contributed by atoms with van der Waals surface area (Å²) in [5, 5.41) is 0.417. The van der Waals surface area contributed by atoms with Crippen molar-refractivity contribution in [3.63, 3.8) is 0 Å². The van der Waals surface area contributed by atoms with E-state index in [9.17, 15) is 9.59 Å². The van der Waals surface area contributed by atoms with E-state index < -0.39 is 5.91 Å². The quantitative estimate of drug-likeness (QED) is 0.887. The van der Waals surface area contributed by atoms with Crippen LogP contribution in [0.3, 0.4) is 0 Å². The van der Waals surface area contributed by atoms with Gasteiger partial charge in [0.05, 0.1) is 17.1 Å². The number of hydrogen-bond acceptors (Lipinski definition) is 2. The number of aryl methyl sites for hydroxylation is 1. The molecule has 0 aliphatic rings. The van der Waals surface area contributed by atoms with E-state index in [4.69, 9.17) is 17.3 Å². The van der Waals surface area contributed by atoms with Crippen molar-refractivity contribution >= 4 is 23.4 Å². The van der Waals surface area contributed by atoms with Gasteiger partial charge in [0.25, 0.3) is 5.91 Å². The molecule has 1 aromatic rings. The Morgan fingerprint density at radius 3 is 2.59 bits per heavy atom. The second kappa shape index (κ2) is 5.68. The minimum Gasteiger partial charge on any atom is -0.368 e. The van der Waals surface area contributed by atoms with Gasteiger partial charge in [-0.15, -0.1) is 0 Å². The number of hydrogen-bond donors (Lipinski definition) is 1. The molecule has 1 aromatic carbocycles. The average Bonchev–Trinajstić information content (AvgIpc) is 2.28. The summed E-state index contributed by atoms with van der Waals surface area (Å²) in [6.07, 6.45) is 0. The van der Waals surface area contributed by atoms with Crippen LogP contribution in [0.4, 0.5) is 0 Å². The summed E-state index contributed by atoms with van der Waals surface area (Å²) in [6.45, 7) is 3.92. The number of likely N-dealkylation sites (N-methyl/N-ethyl adjacent to an activating group) is 1. The van der Waals surface area contributed by atoms with Crippen molar-refractivity contribution in [2.75, 3.05) is 13.1 Å². The molecule has 0 aliphatic carbocycles. The number of primary amides is 1. The molecule has 0 aliphatic heterocycles. The lowest BCUT2D eigenvalue weighted by Crippen LogP contribution is -2.38. The molecule has 0 heterocycles. The molecule has 2 amide bonds. The van der Waals surface area contributed by atoms with Gasteiger partial charge in [0.2, 0.25) is 5.91 Å². The van der Waals surface area contributed by atoms with Gasteiger partial charge in [-0.3, -0.25) is 9.59 Å². The van der Waals surface area contributed by atoms with Crippen molar-refractivity contribution in [1.82, 2.24) is 4.90 Å². The van der Waals surface area contributed by atoms with Gasteiger partial charge in [-0.05, 0) is 25.5 Å². The maximum Gasteiger partial charge on any atom is 0.255 e. The average molecular weight is 255 g/mol. The van der Waals surface area contributed by atoms with Gasteiger partial charge in [0.15, 0.2) is 0 Å². The van der Waals surface area contributed by atoms with Crippen LogP contribution in [0.15, 0.2) is 18.2 Å². The van der Waals surface area contributed by atoms with E-state index in [0.29, 0.717) is 17.1 Å². The summed E-state index contributed by atoms with van der Waals surface area (Å²) in [7, 11) is 0. The Balaban J connectivity index is 3.02. The smallest absolute Gasteiger partial charge is 0.255 e. The summed E-state index contributed by atoms with van der Waals surface area (Å²) in [6, 6.07) is 5.22. The highest BCUT2D eigenvalue weighted by molar-refractivity contribution is 6.34. The molecular weight excluding hydrogens is 240 g/mol. The van der Waals surface area contributed by atoms with Crippen molar-refractivity contribution in [1.29, 1.82) is 0 Å². The van der Waals surface area contributed by atoms with Crippen LogP contribution in [-0.2, 0) is 4.79 Å². The van der Waals surface area contributed by atoms with Crippen LogP contribution in [0.1, 0.15) is 22.8 Å². The Morgan fingerprint density at radius 1 is 1.41 bits per heavy atom. The first-order valence-corrected chi connectivity index (χ1v) is 5.67. The van der Waals surface area contributed by atoms with Gasteiger partial charge in [-0.2, -0.15) is 0 Å². The van der Waals surface area contributed by atoms with Crippen LogP contribution in [0.2, 0.25) is 5.02 Å². The van der Waals surface area contributed by atoms with Gasteiger partial charge >= 0.3 is 0 Å². The summed E-state index contributed by atoms with van der Waals surface area (Å²) in [4.78, 5) is 24.3. The number of carbonyl (C=O) groups excluding carboxylic acids is 2. The Bertz CT molecular complexity index is 446. The molecule has 0 fully saturated rings. The standard InChI is InChI=1S/C12H15ClN2O2/c1-3-15(7-10(14)16)12(17)9-6-4-5-8(2)11(9)13/h4-6H,3,7H2,1-2H3,(H2,14,16). The summed E-state index contributed by atoms with van der Waals surface area (Å²) >= 11 is 6.06. The molecule has 0 spiro atoms. The molecular formula is C12H15ClN2O2. The van der Waals surface area contributed by atoms with Gasteiger partial charge < -0.3 is 10.6 Å². The molecule has 0 saturated carbocycles. The molecule has 0 bridgehead atoms. The van der Waals surface area contributed by atoms with Crippen molar-refractivity contribution in [2.45, 2.75) is 13.8 Å². The Morgan fingerprint density at radius 2 is 2.06 bits per heavy atom. The maximum absolute atomic E-state index is 12.1. The summed E-state index contributed by atoms with van der Waals surface area (Å²) in [5.41, 5.74) is 6.31. The SMILES string of the molecule is CCN(CC(N)=O)C(=O)c1cccc(C)c1Cl. The first-order chi connectivity index (χ1) is 7.97. The van der Waals surface area contributed by atoms with Gasteiger partial charge in [-0.1, -0.05) is 23.7 Å². The fraction of sp³-hybridized carbons (Fsp3) is 0.333. The third kappa shape index (κ3) is 3.20. The Hall–Kier alpha value is -1.55. The molecule has 0 atom stereocenters. The fourth-order valence-corrected chi connectivity index (χ4v) is 1.71. The van der Waals surface area contributed by atoms with Crippen molar-refractivity contribution in [3.05, 3.63) is 34.3 Å². The number of benzene rings is 1. The molecule has 0 saturated heterocycles. The van der Waals surface area contributed by atoms with E-state index in [0.717, 1.165) is 5.56 Å². The first-order valence-electron chi connectivity index (χ1n) is 5.30.